The number of carbonyl (C=O) groups excluding carboxylic acids is 3. The van der Waals surface area contributed by atoms with Gasteiger partial charge in [0.1, 0.15) is 12.5 Å². The number of nitrogens with zero attached hydrogens (tertiary/aromatic N) is 4. The van der Waals surface area contributed by atoms with Gasteiger partial charge in [0.2, 0.25) is 11.9 Å². The minimum absolute atomic E-state index is 0. The second-order valence-corrected chi connectivity index (χ2v) is 15.5. The molecule has 62 heavy (non-hydrogen) atoms. The highest BCUT2D eigenvalue weighted by atomic mass is 35.5. The Labute approximate surface area is 378 Å². The van der Waals surface area contributed by atoms with Gasteiger partial charge in [-0.3, -0.25) is 14.4 Å². The van der Waals surface area contributed by atoms with Crippen molar-refractivity contribution in [2.45, 2.75) is 27.4 Å². The van der Waals surface area contributed by atoms with Crippen molar-refractivity contribution in [2.24, 2.45) is 19.8 Å². The monoisotopic (exact) mass is 912 g/mol. The molecule has 7 aromatic rings. The van der Waals surface area contributed by atoms with Crippen LogP contribution in [-0.2, 0) is 18.9 Å². The van der Waals surface area contributed by atoms with Crippen molar-refractivity contribution >= 4 is 127 Å². The smallest absolute Gasteiger partial charge is 0.257 e. The molecule has 8 N–H and O–H groups in total. The normalized spacial score (nSPS) is 12.9. The van der Waals surface area contributed by atoms with E-state index in [-0.39, 0.29) is 25.1 Å². The number of hydrogen-bond acceptors (Lipinski definition) is 9. The minimum atomic E-state index is -0.613. The first kappa shape index (κ1) is 46.6. The maximum Gasteiger partial charge on any atom is 0.257 e. The second kappa shape index (κ2) is 19.9. The van der Waals surface area contributed by atoms with Gasteiger partial charge < -0.3 is 41.9 Å². The number of primary amides is 1. The van der Waals surface area contributed by atoms with Crippen LogP contribution in [0.5, 0.6) is 0 Å². The zero-order valence-electron chi connectivity index (χ0n) is 33.3. The number of halogens is 4. The summed E-state index contributed by atoms with van der Waals surface area (Å²) in [5, 5.41) is 14.7. The maximum absolute atomic E-state index is 13.2. The molecule has 13 nitrogen and oxygen atoms in total. The van der Waals surface area contributed by atoms with Gasteiger partial charge in [-0.25, -0.2) is 9.97 Å². The number of nitrogens with one attached hydrogen (secondary N) is 4. The van der Waals surface area contributed by atoms with Gasteiger partial charge in [0.15, 0.2) is 0 Å². The number of imidazole rings is 2. The van der Waals surface area contributed by atoms with Gasteiger partial charge >= 0.3 is 0 Å². The average Bonchev–Trinajstić information content (AvgIpc) is 3.72. The summed E-state index contributed by atoms with van der Waals surface area (Å²) in [5.74, 6) is 0.218. The molecule has 0 radical (unpaired) electrons. The Morgan fingerprint density at radius 3 is 1.74 bits per heavy atom. The fourth-order valence-corrected chi connectivity index (χ4v) is 7.42. The number of allylic oxidation sites excluding steroid dienone is 1. The summed E-state index contributed by atoms with van der Waals surface area (Å²) >= 11 is 24.9. The van der Waals surface area contributed by atoms with Crippen LogP contribution in [0.15, 0.2) is 109 Å². The predicted octanol–water partition coefficient (Wildman–Crippen LogP) is 10.9. The van der Waals surface area contributed by atoms with Gasteiger partial charge in [-0.15, -0.1) is 0 Å². The number of nitrogens with two attached hydrogens (primary N) is 2. The first-order valence-corrected chi connectivity index (χ1v) is 20.0. The topological polar surface area (TPSA) is 187 Å². The number of hydrogen-bond donors (Lipinski definition) is 6. The number of anilines is 6. The third kappa shape index (κ3) is 9.98. The van der Waals surface area contributed by atoms with Crippen LogP contribution in [0.4, 0.5) is 34.6 Å². The molecule has 17 heteroatoms. The Balaban J connectivity index is 0.000000219. The molecule has 0 saturated carbocycles. The number of fused-ring (bicyclic) bond motifs is 4. The largest absolute Gasteiger partial charge is 0.398 e. The van der Waals surface area contributed by atoms with Crippen molar-refractivity contribution in [1.29, 1.82) is 0 Å². The quantitative estimate of drug-likeness (QED) is 0.0490. The van der Waals surface area contributed by atoms with Gasteiger partial charge in [-0.2, -0.15) is 0 Å². The summed E-state index contributed by atoms with van der Waals surface area (Å²) in [6.07, 6.45) is 2.47. The number of benzene rings is 5. The Morgan fingerprint density at radius 2 is 1.24 bits per heavy atom. The van der Waals surface area contributed by atoms with Crippen LogP contribution in [0, 0.1) is 0 Å². The van der Waals surface area contributed by atoms with E-state index in [4.69, 9.17) is 57.9 Å². The van der Waals surface area contributed by atoms with Crippen molar-refractivity contribution in [3.05, 3.63) is 146 Å². The first-order valence-electron chi connectivity index (χ1n) is 18.5. The number of amides is 2. The summed E-state index contributed by atoms with van der Waals surface area (Å²) in [7, 11) is 3.59. The Morgan fingerprint density at radius 1 is 0.758 bits per heavy atom. The van der Waals surface area contributed by atoms with E-state index in [0.29, 0.717) is 82.3 Å². The van der Waals surface area contributed by atoms with Gasteiger partial charge in [0.05, 0.1) is 70.3 Å². The van der Waals surface area contributed by atoms with Crippen LogP contribution in [0.3, 0.4) is 0 Å². The van der Waals surface area contributed by atoms with Crippen LogP contribution in [0.2, 0.25) is 20.1 Å². The molecule has 1 atom stereocenters. The highest BCUT2D eigenvalue weighted by molar-refractivity contribution is 6.40. The minimum Gasteiger partial charge on any atom is -0.398 e. The van der Waals surface area contributed by atoms with Crippen LogP contribution in [-0.4, -0.2) is 43.4 Å². The highest BCUT2D eigenvalue weighted by Gasteiger charge is 2.29. The predicted molar refractivity (Wildman–Crippen MR) is 256 cm³/mol. The fraction of sp³-hybridized carbons (Fsp3) is 0.133. The molecule has 0 fully saturated rings. The van der Waals surface area contributed by atoms with E-state index < -0.39 is 5.91 Å². The Bertz CT molecular complexity index is 2830. The molecule has 0 saturated heterocycles. The summed E-state index contributed by atoms with van der Waals surface area (Å²) in [4.78, 5) is 43.4. The Hall–Kier alpha value is -6.51. The van der Waals surface area contributed by atoms with Gasteiger partial charge in [-0.1, -0.05) is 109 Å². The lowest BCUT2D eigenvalue weighted by Gasteiger charge is -2.29. The molecule has 0 aliphatic carbocycles. The number of aryl methyl sites for hydroxylation is 2. The third-order valence-electron chi connectivity index (χ3n) is 9.40. The summed E-state index contributed by atoms with van der Waals surface area (Å²) in [6.45, 7) is 6.96. The zero-order chi connectivity index (χ0) is 44.1. The highest BCUT2D eigenvalue weighted by Crippen LogP contribution is 2.37. The second-order valence-electron chi connectivity index (χ2n) is 13.9. The molecule has 1 aliphatic heterocycles. The molecule has 1 aliphatic rings. The molecule has 0 spiro atoms. The molecule has 0 bridgehead atoms. The van der Waals surface area contributed by atoms with E-state index in [0.717, 1.165) is 23.1 Å². The lowest BCUT2D eigenvalue weighted by atomic mass is 10.0. The van der Waals surface area contributed by atoms with Crippen molar-refractivity contribution in [3.8, 4) is 0 Å². The van der Waals surface area contributed by atoms with Crippen molar-refractivity contribution in [2.75, 3.05) is 21.7 Å². The molecular weight excluding hydrogens is 870 g/mol. The average molecular weight is 915 g/mol. The molecule has 1 unspecified atom stereocenters. The van der Waals surface area contributed by atoms with Crippen LogP contribution in [0.25, 0.3) is 28.1 Å². The van der Waals surface area contributed by atoms with Crippen LogP contribution < -0.4 is 32.7 Å². The van der Waals surface area contributed by atoms with Crippen molar-refractivity contribution in [1.82, 2.24) is 24.4 Å². The molecule has 5 aromatic carbocycles. The van der Waals surface area contributed by atoms with E-state index in [1.54, 1.807) is 67.1 Å². The molecule has 2 aromatic heterocycles. The van der Waals surface area contributed by atoms with Crippen LogP contribution >= 0.6 is 46.4 Å². The molecule has 320 valence electrons. The number of aromatic nitrogens is 4. The Kier molecular flexibility index (Phi) is 15.0. The number of rotatable bonds is 8. The number of aldehydes is 1. The van der Waals surface area contributed by atoms with Crippen molar-refractivity contribution in [3.63, 3.8) is 0 Å². The number of nitrogen functional groups attached to an aromatic ring is 1. The van der Waals surface area contributed by atoms with Crippen molar-refractivity contribution < 1.29 is 14.4 Å². The lowest BCUT2D eigenvalue weighted by molar-refractivity contribution is -0.104. The molecular formula is C45H44Cl4N10O3. The SMILES string of the molecule is C.C/C(=C\c1ccccc1)C1NC(=O)c2c(ccc3nc(Nc4c(Cl)cccc4Cl)n(C)c23)N1.C=C(C)C=O.Cn1c(Nc2c(Cl)cccc2Cl)nc2ccc(N)c(C(N)=O)c21. The van der Waals surface area contributed by atoms with E-state index in [2.05, 4.69) is 43.9 Å². The first-order chi connectivity index (χ1) is 29.1. The van der Waals surface area contributed by atoms with E-state index in [9.17, 15) is 14.4 Å². The van der Waals surface area contributed by atoms with Gasteiger partial charge in [-0.05, 0) is 79.1 Å². The van der Waals surface area contributed by atoms with Crippen LogP contribution in [0.1, 0.15) is 47.6 Å². The molecule has 8 rings (SSSR count). The van der Waals surface area contributed by atoms with Gasteiger partial charge in [0.25, 0.3) is 11.8 Å². The standard InChI is InChI=1S/C25H21Cl2N5O.C15H13Cl2N5O.C4H6O.CH4/c1-14(13-15-7-4-3-5-8-15)23-28-18-11-12-19-22(20(18)24(33)31-23)32(2)25(29-19)30-21-16(26)9-6-10-17(21)27;1-22-13-10(6-5-9(18)11(13)14(19)23)20-15(22)21-12-7(16)3-2-4-8(12)17;1-4(2)3-5;/h3-13,23,28H,1-2H3,(H,29,30)(H,31,33);2-6H,18H2,1H3,(H2,19,23)(H,20,21);3H,1H2,2H3;1H4/b14-13+;;;. The number of carbonyl (C=O) groups is 3. The molecule has 2 amide bonds. The maximum atomic E-state index is 13.2. The lowest BCUT2D eigenvalue weighted by Crippen LogP contribution is -2.45. The molecule has 3 heterocycles. The fourth-order valence-electron chi connectivity index (χ4n) is 6.43. The summed E-state index contributed by atoms with van der Waals surface area (Å²) in [6, 6.07) is 27.6. The van der Waals surface area contributed by atoms with E-state index in [1.165, 1.54) is 0 Å². The van der Waals surface area contributed by atoms with E-state index in [1.807, 2.05) is 61.0 Å². The summed E-state index contributed by atoms with van der Waals surface area (Å²) < 4.78 is 3.52. The summed E-state index contributed by atoms with van der Waals surface area (Å²) in [5.41, 5.74) is 19.4. The zero-order valence-corrected chi connectivity index (χ0v) is 36.3. The van der Waals surface area contributed by atoms with Gasteiger partial charge in [0, 0.05) is 19.8 Å². The van der Waals surface area contributed by atoms with E-state index >= 15 is 0 Å². The number of para-hydroxylation sites is 2. The third-order valence-corrected chi connectivity index (χ3v) is 10.7.